The zero-order valence-corrected chi connectivity index (χ0v) is 16.4. The van der Waals surface area contributed by atoms with Gasteiger partial charge in [0.15, 0.2) is 6.04 Å². The normalized spacial score (nSPS) is 16.3. The summed E-state index contributed by atoms with van der Waals surface area (Å²) in [6.07, 6.45) is 1.70. The third-order valence-corrected chi connectivity index (χ3v) is 5.60. The fraction of sp³-hybridized carbons (Fsp3) is 0.100. The van der Waals surface area contributed by atoms with Crippen molar-refractivity contribution in [2.24, 2.45) is 0 Å². The molecule has 2 N–H and O–H groups in total. The van der Waals surface area contributed by atoms with Crippen LogP contribution in [0, 0.1) is 0 Å². The molecule has 1 heterocycles. The van der Waals surface area contributed by atoms with E-state index < -0.39 is 17.9 Å². The Morgan fingerprint density at radius 1 is 1.14 bits per heavy atom. The van der Waals surface area contributed by atoms with E-state index >= 15 is 0 Å². The number of carbonyl (C=O) groups excluding carboxylic acids is 2. The summed E-state index contributed by atoms with van der Waals surface area (Å²) in [5.41, 5.74) is 1.55. The number of carboxylic acid groups (broad SMARTS) is 1. The van der Waals surface area contributed by atoms with Crippen LogP contribution in [-0.4, -0.2) is 39.2 Å². The molecular formula is C20H16N2O4S2. The summed E-state index contributed by atoms with van der Waals surface area (Å²) in [6, 6.07) is 13.9. The third-order valence-electron chi connectivity index (χ3n) is 4.11. The number of thioether (sulfide) groups is 1. The Kier molecular flexibility index (Phi) is 5.91. The van der Waals surface area contributed by atoms with Gasteiger partial charge in [-0.05, 0) is 29.3 Å². The number of thiocarbonyl (C=S) groups is 1. The van der Waals surface area contributed by atoms with Crippen LogP contribution in [0.4, 0.5) is 0 Å². The van der Waals surface area contributed by atoms with Gasteiger partial charge in [-0.15, -0.1) is 0 Å². The van der Waals surface area contributed by atoms with Gasteiger partial charge in [-0.1, -0.05) is 66.4 Å². The van der Waals surface area contributed by atoms with Crippen molar-refractivity contribution in [2.75, 3.05) is 7.05 Å². The molecule has 2 aromatic rings. The minimum Gasteiger partial charge on any atom is -0.479 e. The Morgan fingerprint density at radius 2 is 1.79 bits per heavy atom. The van der Waals surface area contributed by atoms with E-state index in [0.717, 1.165) is 5.56 Å². The van der Waals surface area contributed by atoms with E-state index in [2.05, 4.69) is 5.32 Å². The molecule has 1 aliphatic heterocycles. The van der Waals surface area contributed by atoms with Crippen molar-refractivity contribution in [2.45, 2.75) is 6.04 Å². The molecule has 0 bridgehead atoms. The topological polar surface area (TPSA) is 86.7 Å². The van der Waals surface area contributed by atoms with Crippen molar-refractivity contribution in [3.05, 3.63) is 76.2 Å². The van der Waals surface area contributed by atoms with Crippen molar-refractivity contribution in [3.63, 3.8) is 0 Å². The van der Waals surface area contributed by atoms with Gasteiger partial charge in [-0.3, -0.25) is 14.5 Å². The van der Waals surface area contributed by atoms with Crippen molar-refractivity contribution in [1.82, 2.24) is 10.2 Å². The summed E-state index contributed by atoms with van der Waals surface area (Å²) < 4.78 is 0.493. The van der Waals surface area contributed by atoms with Crippen LogP contribution in [-0.2, 0) is 9.59 Å². The van der Waals surface area contributed by atoms with Crippen molar-refractivity contribution >= 4 is 52.2 Å². The zero-order chi connectivity index (χ0) is 20.3. The van der Waals surface area contributed by atoms with Gasteiger partial charge >= 0.3 is 5.97 Å². The summed E-state index contributed by atoms with van der Waals surface area (Å²) in [5.74, 6) is -1.80. The van der Waals surface area contributed by atoms with Crippen molar-refractivity contribution in [3.8, 4) is 0 Å². The summed E-state index contributed by atoms with van der Waals surface area (Å²) in [5, 5.41) is 11.9. The van der Waals surface area contributed by atoms with Gasteiger partial charge in [0.2, 0.25) is 0 Å². The number of carboxylic acids is 1. The summed E-state index contributed by atoms with van der Waals surface area (Å²) in [6.45, 7) is 0. The average molecular weight is 412 g/mol. The number of amides is 2. The van der Waals surface area contributed by atoms with Crippen molar-refractivity contribution < 1.29 is 19.5 Å². The first kappa shape index (κ1) is 19.8. The summed E-state index contributed by atoms with van der Waals surface area (Å²) >= 11 is 6.32. The number of benzene rings is 2. The maximum atomic E-state index is 12.5. The molecule has 28 heavy (non-hydrogen) atoms. The molecule has 2 amide bonds. The van der Waals surface area contributed by atoms with Crippen LogP contribution in [0.2, 0.25) is 0 Å². The monoisotopic (exact) mass is 412 g/mol. The highest BCUT2D eigenvalue weighted by Gasteiger charge is 2.28. The van der Waals surface area contributed by atoms with Crippen LogP contribution in [0.3, 0.4) is 0 Å². The highest BCUT2D eigenvalue weighted by molar-refractivity contribution is 8.26. The molecule has 2 aromatic carbocycles. The number of hydrogen-bond donors (Lipinski definition) is 2. The maximum absolute atomic E-state index is 12.5. The van der Waals surface area contributed by atoms with E-state index in [9.17, 15) is 19.5 Å². The molecule has 0 radical (unpaired) electrons. The van der Waals surface area contributed by atoms with Crippen LogP contribution in [0.5, 0.6) is 0 Å². The molecule has 1 saturated heterocycles. The fourth-order valence-electron chi connectivity index (χ4n) is 2.58. The molecule has 0 aliphatic carbocycles. The summed E-state index contributed by atoms with van der Waals surface area (Å²) in [4.78, 5) is 37.9. The molecule has 142 valence electrons. The molecule has 1 aliphatic rings. The predicted molar refractivity (Wildman–Crippen MR) is 112 cm³/mol. The Morgan fingerprint density at radius 3 is 2.32 bits per heavy atom. The van der Waals surface area contributed by atoms with Crippen LogP contribution in [0.25, 0.3) is 6.08 Å². The fourth-order valence-corrected chi connectivity index (χ4v) is 3.75. The Balaban J connectivity index is 1.74. The second kappa shape index (κ2) is 8.37. The molecule has 1 atom stereocenters. The Bertz CT molecular complexity index is 971. The van der Waals surface area contributed by atoms with Crippen LogP contribution in [0.15, 0.2) is 59.5 Å². The molecule has 0 saturated carbocycles. The average Bonchev–Trinajstić information content (AvgIpc) is 2.93. The number of rotatable bonds is 5. The van der Waals surface area contributed by atoms with Gasteiger partial charge in [0, 0.05) is 12.6 Å². The molecule has 6 nitrogen and oxygen atoms in total. The molecule has 0 aromatic heterocycles. The van der Waals surface area contributed by atoms with Crippen LogP contribution < -0.4 is 5.32 Å². The molecule has 1 unspecified atom stereocenters. The second-order valence-electron chi connectivity index (χ2n) is 6.02. The lowest BCUT2D eigenvalue weighted by Crippen LogP contribution is -2.33. The van der Waals surface area contributed by atoms with Gasteiger partial charge in [0.25, 0.3) is 11.8 Å². The number of likely N-dealkylation sites (N-methyl/N-ethyl adjacent to an activating group) is 1. The van der Waals surface area contributed by atoms with Gasteiger partial charge in [0.1, 0.15) is 4.32 Å². The first-order valence-corrected chi connectivity index (χ1v) is 9.49. The van der Waals surface area contributed by atoms with Gasteiger partial charge < -0.3 is 10.4 Å². The predicted octanol–water partition coefficient (Wildman–Crippen LogP) is 3.07. The standard InChI is InChI=1S/C20H16N2O4S2/c1-22-18(24)15(28-20(22)27)11-12-7-9-14(10-8-12)17(23)21-16(19(25)26)13-5-3-2-4-6-13/h2-11,16H,1H3,(H,21,23)(H,25,26)/b15-11+. The second-order valence-corrected chi connectivity index (χ2v) is 7.69. The quantitative estimate of drug-likeness (QED) is 0.580. The number of carbonyl (C=O) groups is 3. The lowest BCUT2D eigenvalue weighted by Gasteiger charge is -2.15. The number of hydrogen-bond acceptors (Lipinski definition) is 5. The lowest BCUT2D eigenvalue weighted by molar-refractivity contribution is -0.139. The number of nitrogens with zero attached hydrogens (tertiary/aromatic N) is 1. The Labute approximate surface area is 171 Å². The molecule has 8 heteroatoms. The largest absolute Gasteiger partial charge is 0.479 e. The van der Waals surface area contributed by atoms with Gasteiger partial charge in [-0.25, -0.2) is 4.79 Å². The maximum Gasteiger partial charge on any atom is 0.330 e. The number of nitrogens with one attached hydrogen (secondary N) is 1. The first-order chi connectivity index (χ1) is 13.4. The van der Waals surface area contributed by atoms with Crippen LogP contribution >= 0.6 is 24.0 Å². The molecule has 1 fully saturated rings. The molecule has 3 rings (SSSR count). The van der Waals surface area contributed by atoms with E-state index in [0.29, 0.717) is 20.4 Å². The zero-order valence-electron chi connectivity index (χ0n) is 14.8. The highest BCUT2D eigenvalue weighted by atomic mass is 32.2. The van der Waals surface area contributed by atoms with Gasteiger partial charge in [-0.2, -0.15) is 0 Å². The van der Waals surface area contributed by atoms with Crippen molar-refractivity contribution in [1.29, 1.82) is 0 Å². The van der Waals surface area contributed by atoms with E-state index in [4.69, 9.17) is 12.2 Å². The van der Waals surface area contributed by atoms with E-state index in [1.165, 1.54) is 16.7 Å². The van der Waals surface area contributed by atoms with E-state index in [1.54, 1.807) is 67.7 Å². The molecular weight excluding hydrogens is 396 g/mol. The minimum absolute atomic E-state index is 0.163. The van der Waals surface area contributed by atoms with Crippen LogP contribution in [0.1, 0.15) is 27.5 Å². The van der Waals surface area contributed by atoms with E-state index in [1.807, 2.05) is 0 Å². The molecule has 0 spiro atoms. The van der Waals surface area contributed by atoms with E-state index in [-0.39, 0.29) is 5.91 Å². The van der Waals surface area contributed by atoms with Gasteiger partial charge in [0.05, 0.1) is 4.91 Å². The Hall–Kier alpha value is -2.97. The minimum atomic E-state index is -1.14. The number of aliphatic carboxylic acids is 1. The summed E-state index contributed by atoms with van der Waals surface area (Å²) in [7, 11) is 1.62. The first-order valence-electron chi connectivity index (χ1n) is 8.27. The SMILES string of the molecule is CN1C(=O)/C(=C\c2ccc(C(=O)NC(C(=O)O)c3ccccc3)cc2)SC1=S. The lowest BCUT2D eigenvalue weighted by atomic mass is 10.1. The third kappa shape index (κ3) is 4.29. The highest BCUT2D eigenvalue weighted by Crippen LogP contribution is 2.31. The smallest absolute Gasteiger partial charge is 0.330 e.